The predicted molar refractivity (Wildman–Crippen MR) is 102 cm³/mol. The van der Waals surface area contributed by atoms with Crippen molar-refractivity contribution in [1.29, 1.82) is 0 Å². The summed E-state index contributed by atoms with van der Waals surface area (Å²) in [5, 5.41) is 8.60. The van der Waals surface area contributed by atoms with E-state index in [1.54, 1.807) is 0 Å². The van der Waals surface area contributed by atoms with Crippen LogP contribution in [0.3, 0.4) is 0 Å². The molecule has 4 rings (SSSR count). The van der Waals surface area contributed by atoms with Crippen molar-refractivity contribution < 1.29 is 0 Å². The molecule has 0 radical (unpaired) electrons. The second-order valence-electron chi connectivity index (χ2n) is 9.12. The first-order valence-electron chi connectivity index (χ1n) is 11.0. The Balaban J connectivity index is 1.47. The Labute approximate surface area is 153 Å². The molecule has 1 aliphatic heterocycles. The summed E-state index contributed by atoms with van der Waals surface area (Å²) in [6.07, 6.45) is 20.2. The number of hydrogen-bond donors (Lipinski definition) is 2. The van der Waals surface area contributed by atoms with E-state index in [1.165, 1.54) is 89.9 Å². The number of halogens is 1. The number of alkyl halides is 1. The van der Waals surface area contributed by atoms with Gasteiger partial charge >= 0.3 is 0 Å². The van der Waals surface area contributed by atoms with Crippen LogP contribution in [-0.4, -0.2) is 23.6 Å². The molecule has 4 atom stereocenters. The summed E-state index contributed by atoms with van der Waals surface area (Å²) >= 11 is 6.75. The molecular formula is C21H37ClN2. The van der Waals surface area contributed by atoms with Crippen LogP contribution >= 0.6 is 11.6 Å². The summed E-state index contributed by atoms with van der Waals surface area (Å²) in [7, 11) is 0. The van der Waals surface area contributed by atoms with Crippen molar-refractivity contribution in [2.24, 2.45) is 17.8 Å². The van der Waals surface area contributed by atoms with Gasteiger partial charge in [0.2, 0.25) is 0 Å². The van der Waals surface area contributed by atoms with E-state index < -0.39 is 0 Å². The molecule has 4 unspecified atom stereocenters. The third-order valence-corrected chi connectivity index (χ3v) is 8.15. The Morgan fingerprint density at radius 2 is 1.00 bits per heavy atom. The van der Waals surface area contributed by atoms with Crippen molar-refractivity contribution in [3.63, 3.8) is 0 Å². The van der Waals surface area contributed by atoms with Gasteiger partial charge < -0.3 is 0 Å². The van der Waals surface area contributed by atoms with Crippen LogP contribution in [0.5, 0.6) is 0 Å². The zero-order valence-electron chi connectivity index (χ0n) is 15.3. The van der Waals surface area contributed by atoms with E-state index in [-0.39, 0.29) is 0 Å². The average Bonchev–Trinajstić information content (AvgIpc) is 3.09. The van der Waals surface area contributed by atoms with E-state index in [4.69, 9.17) is 11.6 Å². The summed E-state index contributed by atoms with van der Waals surface area (Å²) in [4.78, 5) is 0. The molecule has 3 aliphatic carbocycles. The normalized spacial score (nSPS) is 43.1. The summed E-state index contributed by atoms with van der Waals surface area (Å²) < 4.78 is 0. The first-order chi connectivity index (χ1) is 11.8. The zero-order chi connectivity index (χ0) is 16.4. The maximum absolute atomic E-state index is 6.75. The maximum Gasteiger partial charge on any atom is 0.0620 e. The lowest BCUT2D eigenvalue weighted by molar-refractivity contribution is 0.205. The molecule has 4 fully saturated rings. The van der Waals surface area contributed by atoms with Crippen molar-refractivity contribution in [1.82, 2.24) is 10.6 Å². The van der Waals surface area contributed by atoms with E-state index in [1.807, 2.05) is 0 Å². The lowest BCUT2D eigenvalue weighted by atomic mass is 9.75. The third-order valence-electron chi connectivity index (χ3n) is 7.61. The third kappa shape index (κ3) is 3.81. The first kappa shape index (κ1) is 17.6. The fraction of sp³-hybridized carbons (Fsp3) is 1.00. The molecule has 0 aromatic heterocycles. The Kier molecular flexibility index (Phi) is 6.07. The second-order valence-corrected chi connectivity index (χ2v) is 9.68. The van der Waals surface area contributed by atoms with Crippen molar-refractivity contribution in [2.75, 3.05) is 0 Å². The maximum atomic E-state index is 6.75. The molecule has 0 bridgehead atoms. The minimum Gasteiger partial charge on any atom is -0.297 e. The van der Waals surface area contributed by atoms with Gasteiger partial charge in [0.05, 0.1) is 6.17 Å². The lowest BCUT2D eigenvalue weighted by Gasteiger charge is -2.36. The van der Waals surface area contributed by atoms with Gasteiger partial charge in [0.25, 0.3) is 0 Å². The summed E-state index contributed by atoms with van der Waals surface area (Å²) in [5.74, 6) is 2.45. The number of rotatable bonds is 3. The van der Waals surface area contributed by atoms with Crippen molar-refractivity contribution >= 4 is 11.6 Å². The summed E-state index contributed by atoms with van der Waals surface area (Å²) in [6, 6.07) is 1.42. The van der Waals surface area contributed by atoms with E-state index in [9.17, 15) is 0 Å². The molecular weight excluding hydrogens is 316 g/mol. The van der Waals surface area contributed by atoms with Crippen LogP contribution in [0.4, 0.5) is 0 Å². The smallest absolute Gasteiger partial charge is 0.0620 e. The van der Waals surface area contributed by atoms with Crippen LogP contribution < -0.4 is 10.6 Å². The van der Waals surface area contributed by atoms with Crippen LogP contribution in [-0.2, 0) is 0 Å². The minimum absolute atomic E-state index is 0.376. The minimum atomic E-state index is 0.376. The van der Waals surface area contributed by atoms with Gasteiger partial charge in [-0.1, -0.05) is 51.4 Å². The van der Waals surface area contributed by atoms with Crippen LogP contribution in [0, 0.1) is 17.8 Å². The molecule has 0 aromatic rings. The van der Waals surface area contributed by atoms with Gasteiger partial charge in [0.15, 0.2) is 0 Å². The molecule has 2 N–H and O–H groups in total. The van der Waals surface area contributed by atoms with Crippen LogP contribution in [0.15, 0.2) is 0 Å². The molecule has 3 heteroatoms. The first-order valence-corrected chi connectivity index (χ1v) is 11.4. The summed E-state index contributed by atoms with van der Waals surface area (Å²) in [6.45, 7) is 0. The van der Waals surface area contributed by atoms with Gasteiger partial charge in [-0.15, -0.1) is 11.6 Å². The molecule has 4 aliphatic rings. The molecule has 2 nitrogen and oxygen atoms in total. The highest BCUT2D eigenvalue weighted by atomic mass is 35.5. The van der Waals surface area contributed by atoms with Crippen LogP contribution in [0.25, 0.3) is 0 Å². The zero-order valence-corrected chi connectivity index (χ0v) is 16.1. The second kappa shape index (κ2) is 8.27. The highest BCUT2D eigenvalue weighted by Crippen LogP contribution is 2.39. The Hall–Kier alpha value is 0.210. The Bertz CT molecular complexity index is 363. The quantitative estimate of drug-likeness (QED) is 0.682. The largest absolute Gasteiger partial charge is 0.297 e. The van der Waals surface area contributed by atoms with Gasteiger partial charge in [-0.05, 0) is 50.4 Å². The molecule has 1 saturated heterocycles. The number of nitrogens with one attached hydrogen (secondary N) is 2. The van der Waals surface area contributed by atoms with Gasteiger partial charge in [-0.3, -0.25) is 10.6 Å². The Morgan fingerprint density at radius 1 is 0.542 bits per heavy atom. The monoisotopic (exact) mass is 352 g/mol. The molecule has 0 aromatic carbocycles. The van der Waals surface area contributed by atoms with E-state index in [0.29, 0.717) is 29.5 Å². The van der Waals surface area contributed by atoms with Crippen molar-refractivity contribution in [3.8, 4) is 0 Å². The average molecular weight is 353 g/mol. The fourth-order valence-corrected chi connectivity index (χ4v) is 6.68. The van der Waals surface area contributed by atoms with Gasteiger partial charge in [0.1, 0.15) is 0 Å². The van der Waals surface area contributed by atoms with Gasteiger partial charge in [0, 0.05) is 23.4 Å². The SMILES string of the molecule is ClC1CCCCC1C1NC(C2CCCCC2)C(C2CCCCC2)N1. The highest BCUT2D eigenvalue weighted by Gasteiger charge is 2.45. The molecule has 0 spiro atoms. The molecule has 24 heavy (non-hydrogen) atoms. The van der Waals surface area contributed by atoms with Gasteiger partial charge in [-0.2, -0.15) is 0 Å². The standard InChI is InChI=1S/C21H37ClN2/c22-18-14-8-7-13-17(18)21-23-19(15-9-3-1-4-10-15)20(24-21)16-11-5-2-6-12-16/h15-21,23-24H,1-14H2. The molecule has 0 amide bonds. The van der Waals surface area contributed by atoms with E-state index >= 15 is 0 Å². The lowest BCUT2D eigenvalue weighted by Crippen LogP contribution is -2.46. The van der Waals surface area contributed by atoms with Crippen molar-refractivity contribution in [3.05, 3.63) is 0 Å². The Morgan fingerprint density at radius 3 is 1.50 bits per heavy atom. The van der Waals surface area contributed by atoms with E-state index in [0.717, 1.165) is 11.8 Å². The van der Waals surface area contributed by atoms with Gasteiger partial charge in [-0.25, -0.2) is 0 Å². The summed E-state index contributed by atoms with van der Waals surface area (Å²) in [5.41, 5.74) is 0. The molecule has 3 saturated carbocycles. The fourth-order valence-electron chi connectivity index (χ4n) is 6.25. The van der Waals surface area contributed by atoms with E-state index in [2.05, 4.69) is 10.6 Å². The predicted octanol–water partition coefficient (Wildman–Crippen LogP) is 5.20. The molecule has 138 valence electrons. The van der Waals surface area contributed by atoms with Crippen LogP contribution in [0.2, 0.25) is 0 Å². The topological polar surface area (TPSA) is 24.1 Å². The van der Waals surface area contributed by atoms with Crippen molar-refractivity contribution in [2.45, 2.75) is 114 Å². The highest BCUT2D eigenvalue weighted by molar-refractivity contribution is 6.20. The van der Waals surface area contributed by atoms with Crippen LogP contribution in [0.1, 0.15) is 89.9 Å². The molecule has 1 heterocycles. The number of hydrogen-bond acceptors (Lipinski definition) is 2.